The zero-order valence-corrected chi connectivity index (χ0v) is 24.3. The summed E-state index contributed by atoms with van der Waals surface area (Å²) in [7, 11) is 0. The predicted octanol–water partition coefficient (Wildman–Crippen LogP) is 4.74. The van der Waals surface area contributed by atoms with Crippen molar-refractivity contribution in [3.05, 3.63) is 77.4 Å². The molecule has 0 radical (unpaired) electrons. The summed E-state index contributed by atoms with van der Waals surface area (Å²) in [4.78, 5) is 38.5. The Hall–Kier alpha value is -3.52. The van der Waals surface area contributed by atoms with Crippen molar-refractivity contribution in [1.82, 2.24) is 24.6 Å². The second-order valence-corrected chi connectivity index (χ2v) is 11.6. The van der Waals surface area contributed by atoms with Gasteiger partial charge in [0.2, 0.25) is 11.8 Å². The molecule has 0 aliphatic carbocycles. The zero-order valence-electron chi connectivity index (χ0n) is 24.3. The molecule has 2 atom stereocenters. The second kappa shape index (κ2) is 12.3. The van der Waals surface area contributed by atoms with Crippen LogP contribution in [0.1, 0.15) is 62.3 Å². The monoisotopic (exact) mass is 542 g/mol. The Morgan fingerprint density at radius 1 is 0.950 bits per heavy atom. The third kappa shape index (κ3) is 6.28. The summed E-state index contributed by atoms with van der Waals surface area (Å²) in [5.74, 6) is 1.43. The number of nitrogens with zero attached hydrogens (tertiary/aromatic N) is 6. The van der Waals surface area contributed by atoms with E-state index in [1.165, 1.54) is 5.56 Å². The van der Waals surface area contributed by atoms with Crippen LogP contribution in [0.25, 0.3) is 0 Å². The van der Waals surface area contributed by atoms with E-state index >= 15 is 0 Å². The molecule has 0 N–H and O–H groups in total. The van der Waals surface area contributed by atoms with Crippen LogP contribution in [0.5, 0.6) is 0 Å². The van der Waals surface area contributed by atoms with Gasteiger partial charge >= 0.3 is 0 Å². The number of anilines is 1. The van der Waals surface area contributed by atoms with Crippen molar-refractivity contribution in [2.75, 3.05) is 18.0 Å². The molecule has 5 rings (SSSR count). The maximum absolute atomic E-state index is 14.0. The minimum absolute atomic E-state index is 0.0190. The number of carbonyl (C=O) groups excluding carboxylic acids is 2. The van der Waals surface area contributed by atoms with E-state index in [-0.39, 0.29) is 30.3 Å². The number of para-hydroxylation sites is 1. The first-order chi connectivity index (χ1) is 19.3. The Morgan fingerprint density at radius 3 is 2.40 bits per heavy atom. The first kappa shape index (κ1) is 28.0. The molecule has 8 heteroatoms. The number of hydrogen-bond acceptors (Lipinski definition) is 5. The molecule has 212 valence electrons. The summed E-state index contributed by atoms with van der Waals surface area (Å²) in [6.07, 6.45) is 4.17. The van der Waals surface area contributed by atoms with E-state index in [1.807, 2.05) is 55.7 Å². The lowest BCUT2D eigenvalue weighted by Crippen LogP contribution is -2.52. The molecule has 2 amide bonds. The highest BCUT2D eigenvalue weighted by Gasteiger charge is 2.35. The third-order valence-corrected chi connectivity index (χ3v) is 8.34. The predicted molar refractivity (Wildman–Crippen MR) is 157 cm³/mol. The van der Waals surface area contributed by atoms with E-state index in [1.54, 1.807) is 4.68 Å². The zero-order chi connectivity index (χ0) is 28.2. The Labute approximate surface area is 238 Å². The van der Waals surface area contributed by atoms with E-state index < -0.39 is 0 Å². The van der Waals surface area contributed by atoms with Crippen LogP contribution in [0.3, 0.4) is 0 Å². The van der Waals surface area contributed by atoms with Gasteiger partial charge in [-0.05, 0) is 50.3 Å². The Bertz CT molecular complexity index is 1320. The number of hydrogen-bond donors (Lipinski definition) is 0. The molecule has 40 heavy (non-hydrogen) atoms. The van der Waals surface area contributed by atoms with Gasteiger partial charge in [-0.25, -0.2) is 9.67 Å². The molecule has 3 aromatic rings. The molecular formula is C32H42N6O2. The van der Waals surface area contributed by atoms with Gasteiger partial charge in [0, 0.05) is 49.9 Å². The summed E-state index contributed by atoms with van der Waals surface area (Å²) in [5, 5.41) is 4.46. The molecule has 0 saturated carbocycles. The number of benzene rings is 2. The molecule has 8 nitrogen and oxygen atoms in total. The quantitative estimate of drug-likeness (QED) is 0.466. The van der Waals surface area contributed by atoms with Gasteiger partial charge in [0.15, 0.2) is 0 Å². The first-order valence-corrected chi connectivity index (χ1v) is 14.6. The molecular weight excluding hydrogens is 500 g/mol. The van der Waals surface area contributed by atoms with Crippen molar-refractivity contribution in [1.29, 1.82) is 0 Å². The molecule has 1 saturated heterocycles. The molecule has 2 aliphatic heterocycles. The minimum Gasteiger partial charge on any atom is -0.335 e. The van der Waals surface area contributed by atoms with Crippen LogP contribution in [0, 0.1) is 19.8 Å². The van der Waals surface area contributed by atoms with E-state index in [2.05, 4.69) is 51.4 Å². The number of amides is 2. The number of aryl methyl sites for hydroxylation is 2. The lowest BCUT2D eigenvalue weighted by molar-refractivity contribution is -0.134. The van der Waals surface area contributed by atoms with Gasteiger partial charge in [-0.1, -0.05) is 68.8 Å². The minimum atomic E-state index is -0.117. The highest BCUT2D eigenvalue weighted by molar-refractivity contribution is 5.95. The van der Waals surface area contributed by atoms with Gasteiger partial charge in [0.25, 0.3) is 0 Å². The van der Waals surface area contributed by atoms with Crippen molar-refractivity contribution < 1.29 is 9.59 Å². The maximum Gasteiger partial charge on any atom is 0.244 e. The van der Waals surface area contributed by atoms with Crippen molar-refractivity contribution in [2.45, 2.75) is 85.1 Å². The lowest BCUT2D eigenvalue weighted by Gasteiger charge is -2.44. The van der Waals surface area contributed by atoms with E-state index in [4.69, 9.17) is 0 Å². The van der Waals surface area contributed by atoms with Gasteiger partial charge in [0.1, 0.15) is 18.2 Å². The number of rotatable bonds is 5. The molecule has 1 fully saturated rings. The van der Waals surface area contributed by atoms with Crippen molar-refractivity contribution in [3.8, 4) is 0 Å². The van der Waals surface area contributed by atoms with E-state index in [0.29, 0.717) is 31.5 Å². The number of piperidine rings is 1. The lowest BCUT2D eigenvalue weighted by atomic mass is 9.92. The van der Waals surface area contributed by atoms with Gasteiger partial charge in [0.05, 0.1) is 0 Å². The maximum atomic E-state index is 14.0. The number of aromatic nitrogens is 3. The topological polar surface area (TPSA) is 74.6 Å². The Morgan fingerprint density at radius 2 is 1.68 bits per heavy atom. The summed E-state index contributed by atoms with van der Waals surface area (Å²) >= 11 is 0. The SMILES string of the molecule is Cc1nc(C)n(CC(=O)N2Cc3ccccc3N(C(=O)C(C)C)CCC3CCCC(C2)N3Cc2ccccc2)n1. The summed E-state index contributed by atoms with van der Waals surface area (Å²) < 4.78 is 1.70. The average molecular weight is 543 g/mol. The first-order valence-electron chi connectivity index (χ1n) is 14.6. The van der Waals surface area contributed by atoms with Crippen molar-refractivity contribution in [2.24, 2.45) is 5.92 Å². The molecule has 2 aromatic carbocycles. The van der Waals surface area contributed by atoms with Gasteiger partial charge in [-0.15, -0.1) is 0 Å². The highest BCUT2D eigenvalue weighted by Crippen LogP contribution is 2.32. The molecule has 1 aromatic heterocycles. The van der Waals surface area contributed by atoms with Crippen LogP contribution >= 0.6 is 0 Å². The summed E-state index contributed by atoms with van der Waals surface area (Å²) in [6.45, 7) is 10.4. The normalized spacial score (nSPS) is 20.2. The molecule has 2 bridgehead atoms. The van der Waals surface area contributed by atoms with Crippen molar-refractivity contribution in [3.63, 3.8) is 0 Å². The van der Waals surface area contributed by atoms with Crippen LogP contribution in [-0.4, -0.2) is 61.6 Å². The fourth-order valence-electron chi connectivity index (χ4n) is 6.28. The second-order valence-electron chi connectivity index (χ2n) is 11.6. The van der Waals surface area contributed by atoms with Crippen LogP contribution in [0.4, 0.5) is 5.69 Å². The van der Waals surface area contributed by atoms with E-state index in [0.717, 1.165) is 49.3 Å². The number of carbonyl (C=O) groups is 2. The highest BCUT2D eigenvalue weighted by atomic mass is 16.2. The summed E-state index contributed by atoms with van der Waals surface area (Å²) in [5.41, 5.74) is 3.19. The average Bonchev–Trinajstić information content (AvgIpc) is 3.26. The van der Waals surface area contributed by atoms with Gasteiger partial charge in [-0.3, -0.25) is 14.5 Å². The molecule has 0 spiro atoms. The van der Waals surface area contributed by atoms with Crippen LogP contribution in [0.15, 0.2) is 54.6 Å². The smallest absolute Gasteiger partial charge is 0.244 e. The van der Waals surface area contributed by atoms with E-state index in [9.17, 15) is 9.59 Å². The summed E-state index contributed by atoms with van der Waals surface area (Å²) in [6, 6.07) is 19.3. The Kier molecular flexibility index (Phi) is 8.64. The van der Waals surface area contributed by atoms with Gasteiger partial charge in [-0.2, -0.15) is 5.10 Å². The largest absolute Gasteiger partial charge is 0.335 e. The van der Waals surface area contributed by atoms with Crippen LogP contribution in [0.2, 0.25) is 0 Å². The fourth-order valence-corrected chi connectivity index (χ4v) is 6.28. The fraction of sp³-hybridized carbons (Fsp3) is 0.500. The van der Waals surface area contributed by atoms with Crippen LogP contribution < -0.4 is 4.90 Å². The van der Waals surface area contributed by atoms with Crippen molar-refractivity contribution >= 4 is 17.5 Å². The standard InChI is InChI=1S/C32H42N6O2/c1-23(2)32(40)36-18-17-28-14-10-15-29(37(28)19-26-11-6-5-7-12-26)21-35(20-27-13-8-9-16-30(27)36)31(39)22-38-25(4)33-24(3)34-38/h5-9,11-13,16,23,28-29H,10,14-15,17-22H2,1-4H3. The third-order valence-electron chi connectivity index (χ3n) is 8.34. The molecule has 2 unspecified atom stereocenters. The molecule has 3 heterocycles. The number of fused-ring (bicyclic) bond motifs is 3. The Balaban J connectivity index is 1.54. The van der Waals surface area contributed by atoms with Gasteiger partial charge < -0.3 is 9.80 Å². The van der Waals surface area contributed by atoms with Crippen LogP contribution in [-0.2, 0) is 29.2 Å². The molecule has 2 aliphatic rings.